The molecule has 1 heterocycles. The average molecular weight is 331 g/mol. The van der Waals surface area contributed by atoms with Crippen molar-refractivity contribution in [1.82, 2.24) is 9.88 Å². The zero-order valence-electron chi connectivity index (χ0n) is 11.2. The van der Waals surface area contributed by atoms with E-state index in [9.17, 15) is 0 Å². The molecule has 3 aromatic rings. The summed E-state index contributed by atoms with van der Waals surface area (Å²) in [5.41, 5.74) is 3.03. The minimum atomic E-state index is 0.699. The molecule has 4 heteroatoms. The first-order chi connectivity index (χ1) is 9.70. The molecule has 0 spiro atoms. The molecule has 0 bridgehead atoms. The van der Waals surface area contributed by atoms with Gasteiger partial charge in [-0.1, -0.05) is 40.2 Å². The summed E-state index contributed by atoms with van der Waals surface area (Å²) in [6, 6.07) is 16.2. The molecule has 102 valence electrons. The Kier molecular flexibility index (Phi) is 3.85. The molecule has 0 amide bonds. The van der Waals surface area contributed by atoms with E-state index >= 15 is 0 Å². The molecule has 0 saturated heterocycles. The van der Waals surface area contributed by atoms with Gasteiger partial charge in [0.25, 0.3) is 0 Å². The Morgan fingerprint density at radius 2 is 1.80 bits per heavy atom. The third-order valence-corrected chi connectivity index (χ3v) is 3.64. The highest BCUT2D eigenvalue weighted by atomic mass is 79.9. The van der Waals surface area contributed by atoms with Gasteiger partial charge in [0.1, 0.15) is 5.52 Å². The Labute approximate surface area is 126 Å². The molecule has 0 fully saturated rings. The van der Waals surface area contributed by atoms with Crippen molar-refractivity contribution in [2.24, 2.45) is 0 Å². The summed E-state index contributed by atoms with van der Waals surface area (Å²) < 4.78 is 6.84. The van der Waals surface area contributed by atoms with E-state index in [2.05, 4.69) is 57.1 Å². The SMILES string of the molecule is CN(Cc1ccc(Br)cc1)Cc1nc2ccccc2o1. The summed E-state index contributed by atoms with van der Waals surface area (Å²) in [7, 11) is 2.07. The summed E-state index contributed by atoms with van der Waals surface area (Å²) in [6.45, 7) is 1.57. The lowest BCUT2D eigenvalue weighted by Gasteiger charge is -2.14. The van der Waals surface area contributed by atoms with Crippen molar-refractivity contribution in [3.8, 4) is 0 Å². The number of oxazole rings is 1. The molecule has 1 aromatic heterocycles. The molecule has 20 heavy (non-hydrogen) atoms. The number of fused-ring (bicyclic) bond motifs is 1. The zero-order valence-corrected chi connectivity index (χ0v) is 12.8. The van der Waals surface area contributed by atoms with Crippen LogP contribution in [-0.4, -0.2) is 16.9 Å². The molecule has 3 nitrogen and oxygen atoms in total. The van der Waals surface area contributed by atoms with Gasteiger partial charge in [0.15, 0.2) is 5.58 Å². The largest absolute Gasteiger partial charge is 0.439 e. The number of aromatic nitrogens is 1. The van der Waals surface area contributed by atoms with Crippen LogP contribution in [0.25, 0.3) is 11.1 Å². The monoisotopic (exact) mass is 330 g/mol. The van der Waals surface area contributed by atoms with E-state index in [-0.39, 0.29) is 0 Å². The first-order valence-electron chi connectivity index (χ1n) is 6.48. The fraction of sp³-hybridized carbons (Fsp3) is 0.188. The fourth-order valence-corrected chi connectivity index (χ4v) is 2.44. The quantitative estimate of drug-likeness (QED) is 0.717. The summed E-state index contributed by atoms with van der Waals surface area (Å²) in [6.07, 6.45) is 0. The minimum Gasteiger partial charge on any atom is -0.439 e. The maximum absolute atomic E-state index is 5.74. The molecule has 0 aliphatic heterocycles. The van der Waals surface area contributed by atoms with Crippen LogP contribution < -0.4 is 0 Å². The van der Waals surface area contributed by atoms with Gasteiger partial charge in [-0.05, 0) is 36.9 Å². The van der Waals surface area contributed by atoms with Gasteiger partial charge in [0.05, 0.1) is 6.54 Å². The van der Waals surface area contributed by atoms with Gasteiger partial charge in [-0.15, -0.1) is 0 Å². The average Bonchev–Trinajstić information content (AvgIpc) is 2.83. The van der Waals surface area contributed by atoms with E-state index in [1.165, 1.54) is 5.56 Å². The smallest absolute Gasteiger partial charge is 0.209 e. The van der Waals surface area contributed by atoms with E-state index in [0.717, 1.165) is 28.0 Å². The van der Waals surface area contributed by atoms with Crippen LogP contribution in [0.4, 0.5) is 0 Å². The van der Waals surface area contributed by atoms with Gasteiger partial charge in [-0.2, -0.15) is 0 Å². The number of hydrogen-bond acceptors (Lipinski definition) is 3. The van der Waals surface area contributed by atoms with Crippen LogP contribution in [0.2, 0.25) is 0 Å². The Balaban J connectivity index is 1.69. The van der Waals surface area contributed by atoms with E-state index in [1.807, 2.05) is 24.3 Å². The van der Waals surface area contributed by atoms with Crippen molar-refractivity contribution in [3.05, 3.63) is 64.5 Å². The number of para-hydroxylation sites is 2. The van der Waals surface area contributed by atoms with Crippen LogP contribution >= 0.6 is 15.9 Å². The van der Waals surface area contributed by atoms with Crippen LogP contribution in [0.5, 0.6) is 0 Å². The van der Waals surface area contributed by atoms with Crippen molar-refractivity contribution < 1.29 is 4.42 Å². The van der Waals surface area contributed by atoms with Crippen molar-refractivity contribution in [2.75, 3.05) is 7.05 Å². The Hall–Kier alpha value is -1.65. The third kappa shape index (κ3) is 3.08. The summed E-state index contributed by atoms with van der Waals surface area (Å²) in [5, 5.41) is 0. The third-order valence-electron chi connectivity index (χ3n) is 3.11. The predicted octanol–water partition coefficient (Wildman–Crippen LogP) is 4.22. The molecule has 0 aliphatic rings. The van der Waals surface area contributed by atoms with E-state index in [0.29, 0.717) is 6.54 Å². The minimum absolute atomic E-state index is 0.699. The number of hydrogen-bond donors (Lipinski definition) is 0. The lowest BCUT2D eigenvalue weighted by molar-refractivity contribution is 0.285. The number of halogens is 1. The van der Waals surface area contributed by atoms with E-state index < -0.39 is 0 Å². The second-order valence-corrected chi connectivity index (χ2v) is 5.79. The Morgan fingerprint density at radius 3 is 2.55 bits per heavy atom. The lowest BCUT2D eigenvalue weighted by Crippen LogP contribution is -2.17. The van der Waals surface area contributed by atoms with Crippen molar-refractivity contribution in [1.29, 1.82) is 0 Å². The molecule has 0 radical (unpaired) electrons. The van der Waals surface area contributed by atoms with Crippen molar-refractivity contribution in [2.45, 2.75) is 13.1 Å². The molecular formula is C16H15BrN2O. The Morgan fingerprint density at radius 1 is 1.05 bits per heavy atom. The number of nitrogens with zero attached hydrogens (tertiary/aromatic N) is 2. The summed E-state index contributed by atoms with van der Waals surface area (Å²) in [4.78, 5) is 6.68. The molecule has 0 atom stereocenters. The number of benzene rings is 2. The highest BCUT2D eigenvalue weighted by molar-refractivity contribution is 9.10. The molecule has 0 N–H and O–H groups in total. The standard InChI is InChI=1S/C16H15BrN2O/c1-19(10-12-6-8-13(17)9-7-12)11-16-18-14-4-2-3-5-15(14)20-16/h2-9H,10-11H2,1H3. The summed E-state index contributed by atoms with van der Waals surface area (Å²) in [5.74, 6) is 0.755. The predicted molar refractivity (Wildman–Crippen MR) is 83.3 cm³/mol. The van der Waals surface area contributed by atoms with Gasteiger partial charge < -0.3 is 4.42 Å². The van der Waals surface area contributed by atoms with Crippen LogP contribution in [0.15, 0.2) is 57.4 Å². The van der Waals surface area contributed by atoms with Crippen molar-refractivity contribution in [3.63, 3.8) is 0 Å². The molecule has 0 saturated carbocycles. The maximum atomic E-state index is 5.74. The Bertz CT molecular complexity index is 673. The van der Waals surface area contributed by atoms with Crippen LogP contribution in [0.3, 0.4) is 0 Å². The van der Waals surface area contributed by atoms with Gasteiger partial charge in [0.2, 0.25) is 5.89 Å². The highest BCUT2D eigenvalue weighted by Gasteiger charge is 2.08. The second-order valence-electron chi connectivity index (χ2n) is 4.87. The van der Waals surface area contributed by atoms with Crippen LogP contribution in [0, 0.1) is 0 Å². The molecule has 2 aromatic carbocycles. The normalized spacial score (nSPS) is 11.3. The van der Waals surface area contributed by atoms with Crippen molar-refractivity contribution >= 4 is 27.0 Å². The molecular weight excluding hydrogens is 316 g/mol. The van der Waals surface area contributed by atoms with Crippen LogP contribution in [-0.2, 0) is 13.1 Å². The highest BCUT2D eigenvalue weighted by Crippen LogP contribution is 2.17. The fourth-order valence-electron chi connectivity index (χ4n) is 2.18. The molecule has 3 rings (SSSR count). The zero-order chi connectivity index (χ0) is 13.9. The van der Waals surface area contributed by atoms with Gasteiger partial charge in [0, 0.05) is 11.0 Å². The first kappa shape index (κ1) is 13.3. The lowest BCUT2D eigenvalue weighted by atomic mass is 10.2. The van der Waals surface area contributed by atoms with Gasteiger partial charge in [-0.25, -0.2) is 4.98 Å². The molecule has 0 unspecified atom stereocenters. The molecule has 0 aliphatic carbocycles. The van der Waals surface area contributed by atoms with Gasteiger partial charge >= 0.3 is 0 Å². The van der Waals surface area contributed by atoms with Crippen LogP contribution in [0.1, 0.15) is 11.5 Å². The first-order valence-corrected chi connectivity index (χ1v) is 7.27. The number of rotatable bonds is 4. The van der Waals surface area contributed by atoms with E-state index in [1.54, 1.807) is 0 Å². The maximum Gasteiger partial charge on any atom is 0.209 e. The van der Waals surface area contributed by atoms with E-state index in [4.69, 9.17) is 4.42 Å². The summed E-state index contributed by atoms with van der Waals surface area (Å²) >= 11 is 3.45. The van der Waals surface area contributed by atoms with Gasteiger partial charge in [-0.3, -0.25) is 4.90 Å². The second kappa shape index (κ2) is 5.77. The topological polar surface area (TPSA) is 29.3 Å².